The van der Waals surface area contributed by atoms with Gasteiger partial charge < -0.3 is 38.3 Å². The topological polar surface area (TPSA) is 209 Å². The summed E-state index contributed by atoms with van der Waals surface area (Å²) < 4.78 is 0. The van der Waals surface area contributed by atoms with Crippen LogP contribution in [-0.2, 0) is 14.4 Å². The van der Waals surface area contributed by atoms with Gasteiger partial charge in [-0.15, -0.1) is 0 Å². The lowest BCUT2D eigenvalue weighted by Crippen LogP contribution is -2.55. The van der Waals surface area contributed by atoms with E-state index in [9.17, 15) is 14.4 Å². The highest BCUT2D eigenvalue weighted by Crippen LogP contribution is 1.99. The van der Waals surface area contributed by atoms with E-state index in [1.54, 1.807) is 0 Å². The summed E-state index contributed by atoms with van der Waals surface area (Å²) in [4.78, 5) is 34.8. The number of amides is 3. The van der Waals surface area contributed by atoms with Gasteiger partial charge in [-0.05, 0) is 19.8 Å². The molecule has 0 aliphatic carbocycles. The Hall–Kier alpha value is -2.40. The Balaban J connectivity index is 4.74. The Labute approximate surface area is 133 Å². The van der Waals surface area contributed by atoms with Crippen LogP contribution < -0.4 is 33.2 Å². The molecule has 132 valence electrons. The first-order valence-corrected chi connectivity index (χ1v) is 7.03. The van der Waals surface area contributed by atoms with Crippen molar-refractivity contribution in [3.8, 4) is 0 Å². The van der Waals surface area contributed by atoms with Gasteiger partial charge in [0.1, 0.15) is 12.1 Å². The van der Waals surface area contributed by atoms with Crippen molar-refractivity contribution in [2.24, 2.45) is 17.2 Å². The van der Waals surface area contributed by atoms with E-state index in [4.69, 9.17) is 27.7 Å². The van der Waals surface area contributed by atoms with Gasteiger partial charge in [-0.2, -0.15) is 0 Å². The molecule has 0 aromatic rings. The van der Waals surface area contributed by atoms with Gasteiger partial charge in [0.05, 0.1) is 12.6 Å². The van der Waals surface area contributed by atoms with Gasteiger partial charge in [-0.1, -0.05) is 0 Å². The summed E-state index contributed by atoms with van der Waals surface area (Å²) >= 11 is 0. The lowest BCUT2D eigenvalue weighted by molar-refractivity contribution is -0.132. The second kappa shape index (κ2) is 10.3. The molecule has 11 nitrogen and oxygen atoms in total. The van der Waals surface area contributed by atoms with Crippen LogP contribution in [0.25, 0.3) is 0 Å². The van der Waals surface area contributed by atoms with Crippen LogP contribution in [0, 0.1) is 5.41 Å². The van der Waals surface area contributed by atoms with Gasteiger partial charge >= 0.3 is 0 Å². The molecule has 0 saturated carbocycles. The van der Waals surface area contributed by atoms with Gasteiger partial charge in [-0.3, -0.25) is 19.8 Å². The molecule has 0 spiro atoms. The average molecular weight is 331 g/mol. The summed E-state index contributed by atoms with van der Waals surface area (Å²) in [5.74, 6) is -2.31. The normalized spacial score (nSPS) is 14.2. The predicted octanol–water partition coefficient (Wildman–Crippen LogP) is -3.96. The molecule has 0 unspecified atom stereocenters. The van der Waals surface area contributed by atoms with Crippen molar-refractivity contribution in [2.45, 2.75) is 37.9 Å². The summed E-state index contributed by atoms with van der Waals surface area (Å²) in [6.07, 6.45) is 0.624. The minimum Gasteiger partial charge on any atom is -0.394 e. The SMILES string of the molecule is C[C@H](N)C(=O)N[C@@H](CCCNC(=N)N)C(=O)N[C@@H](CO)C(N)=O. The van der Waals surface area contributed by atoms with E-state index < -0.39 is 42.5 Å². The largest absolute Gasteiger partial charge is 0.394 e. The number of carbonyl (C=O) groups excluding carboxylic acids is 3. The van der Waals surface area contributed by atoms with Crippen molar-refractivity contribution >= 4 is 23.7 Å². The number of nitrogens with one attached hydrogen (secondary N) is 4. The Kier molecular flexibility index (Phi) is 9.27. The highest BCUT2D eigenvalue weighted by molar-refractivity contribution is 5.92. The lowest BCUT2D eigenvalue weighted by atomic mass is 10.1. The Bertz CT molecular complexity index is 441. The first kappa shape index (κ1) is 20.6. The minimum absolute atomic E-state index is 0.209. The minimum atomic E-state index is -1.24. The van der Waals surface area contributed by atoms with E-state index in [1.807, 2.05) is 0 Å². The third kappa shape index (κ3) is 8.58. The van der Waals surface area contributed by atoms with Gasteiger partial charge in [0, 0.05) is 6.54 Å². The molecule has 11 N–H and O–H groups in total. The summed E-state index contributed by atoms with van der Waals surface area (Å²) in [6, 6.07) is -3.02. The molecular formula is C12H25N7O4. The number of primary amides is 1. The van der Waals surface area contributed by atoms with Gasteiger partial charge in [0.25, 0.3) is 0 Å². The zero-order valence-corrected chi connectivity index (χ0v) is 13.0. The molecule has 0 saturated heterocycles. The van der Waals surface area contributed by atoms with Crippen LogP contribution in [0.3, 0.4) is 0 Å². The maximum atomic E-state index is 12.1. The van der Waals surface area contributed by atoms with Crippen LogP contribution >= 0.6 is 0 Å². The maximum absolute atomic E-state index is 12.1. The third-order valence-corrected chi connectivity index (χ3v) is 2.87. The molecule has 3 amide bonds. The van der Waals surface area contributed by atoms with Crippen molar-refractivity contribution in [3.63, 3.8) is 0 Å². The van der Waals surface area contributed by atoms with Crippen LogP contribution in [0.1, 0.15) is 19.8 Å². The van der Waals surface area contributed by atoms with Crippen LogP contribution in [0.4, 0.5) is 0 Å². The second-order valence-electron chi connectivity index (χ2n) is 4.98. The number of aliphatic hydroxyl groups is 1. The van der Waals surface area contributed by atoms with Gasteiger partial charge in [0.15, 0.2) is 5.96 Å². The molecule has 23 heavy (non-hydrogen) atoms. The molecule has 0 heterocycles. The maximum Gasteiger partial charge on any atom is 0.243 e. The summed E-state index contributed by atoms with van der Waals surface area (Å²) in [5, 5.41) is 23.3. The number of hydrogen-bond donors (Lipinski definition) is 8. The molecule has 0 bridgehead atoms. The smallest absolute Gasteiger partial charge is 0.243 e. The van der Waals surface area contributed by atoms with Crippen molar-refractivity contribution in [3.05, 3.63) is 0 Å². The van der Waals surface area contributed by atoms with E-state index >= 15 is 0 Å². The molecular weight excluding hydrogens is 306 g/mol. The van der Waals surface area contributed by atoms with Crippen molar-refractivity contribution in [1.29, 1.82) is 5.41 Å². The van der Waals surface area contributed by atoms with E-state index in [0.29, 0.717) is 13.0 Å². The Morgan fingerprint density at radius 2 is 1.70 bits per heavy atom. The number of rotatable bonds is 10. The molecule has 0 aliphatic rings. The number of hydrogen-bond acceptors (Lipinski definition) is 6. The predicted molar refractivity (Wildman–Crippen MR) is 82.9 cm³/mol. The molecule has 0 rings (SSSR count). The van der Waals surface area contributed by atoms with Crippen molar-refractivity contribution < 1.29 is 19.5 Å². The quantitative estimate of drug-likeness (QED) is 0.113. The first-order valence-electron chi connectivity index (χ1n) is 7.03. The van der Waals surface area contributed by atoms with Crippen molar-refractivity contribution in [2.75, 3.05) is 13.2 Å². The van der Waals surface area contributed by atoms with Crippen LogP contribution in [0.2, 0.25) is 0 Å². The number of guanidine groups is 1. The highest BCUT2D eigenvalue weighted by atomic mass is 16.3. The van der Waals surface area contributed by atoms with E-state index in [2.05, 4.69) is 16.0 Å². The standard InChI is InChI=1S/C12H25N7O4/c1-6(13)10(22)18-7(3-2-4-17-12(15)16)11(23)19-8(5-20)9(14)21/h6-8,20H,2-5,13H2,1H3,(H2,14,21)(H,18,22)(H,19,23)(H4,15,16,17)/t6-,7-,8-/m0/s1. The molecule has 0 radical (unpaired) electrons. The van der Waals surface area contributed by atoms with Crippen LogP contribution in [0.5, 0.6) is 0 Å². The third-order valence-electron chi connectivity index (χ3n) is 2.87. The molecule has 0 aromatic heterocycles. The molecule has 0 fully saturated rings. The molecule has 0 aromatic carbocycles. The Morgan fingerprint density at radius 1 is 1.13 bits per heavy atom. The summed E-state index contributed by atoms with van der Waals surface area (Å²) in [7, 11) is 0. The van der Waals surface area contributed by atoms with Gasteiger partial charge in [0.2, 0.25) is 17.7 Å². The molecule has 3 atom stereocenters. The number of aliphatic hydroxyl groups excluding tert-OH is 1. The monoisotopic (exact) mass is 331 g/mol. The fourth-order valence-electron chi connectivity index (χ4n) is 1.58. The fraction of sp³-hybridized carbons (Fsp3) is 0.667. The lowest BCUT2D eigenvalue weighted by Gasteiger charge is -2.22. The van der Waals surface area contributed by atoms with Gasteiger partial charge in [-0.25, -0.2) is 0 Å². The van der Waals surface area contributed by atoms with E-state index in [0.717, 1.165) is 0 Å². The first-order chi connectivity index (χ1) is 10.7. The van der Waals surface area contributed by atoms with Crippen molar-refractivity contribution in [1.82, 2.24) is 16.0 Å². The zero-order chi connectivity index (χ0) is 18.0. The average Bonchev–Trinajstić information content (AvgIpc) is 2.46. The summed E-state index contributed by atoms with van der Waals surface area (Å²) in [6.45, 7) is 1.13. The second-order valence-corrected chi connectivity index (χ2v) is 4.98. The number of nitrogens with two attached hydrogens (primary N) is 3. The Morgan fingerprint density at radius 3 is 2.13 bits per heavy atom. The van der Waals surface area contributed by atoms with Crippen LogP contribution in [-0.4, -0.2) is 60.1 Å². The summed E-state index contributed by atoms with van der Waals surface area (Å²) in [5.41, 5.74) is 15.6. The van der Waals surface area contributed by atoms with E-state index in [-0.39, 0.29) is 12.4 Å². The fourth-order valence-corrected chi connectivity index (χ4v) is 1.58. The zero-order valence-electron chi connectivity index (χ0n) is 13.0. The molecule has 0 aliphatic heterocycles. The highest BCUT2D eigenvalue weighted by Gasteiger charge is 2.25. The number of carbonyl (C=O) groups is 3. The van der Waals surface area contributed by atoms with Crippen LogP contribution in [0.15, 0.2) is 0 Å². The van der Waals surface area contributed by atoms with E-state index in [1.165, 1.54) is 6.92 Å². The molecule has 11 heteroatoms.